The number of fused-ring (bicyclic) bond motifs is 1. The molecule has 1 aliphatic heterocycles. The van der Waals surface area contributed by atoms with E-state index in [4.69, 9.17) is 10.5 Å². The van der Waals surface area contributed by atoms with E-state index in [-0.39, 0.29) is 18.5 Å². The quantitative estimate of drug-likeness (QED) is 0.800. The molecule has 6 heteroatoms. The van der Waals surface area contributed by atoms with Crippen LogP contribution >= 0.6 is 0 Å². The molecular weight excluding hydrogens is 357 g/mol. The molecule has 4 atom stereocenters. The SMILES string of the molecule is CC(C)N1C[C@@H]2C(Oc3cc(C(C)(N)CO)cc(-c4ccc(F)cc4)n3)[C@@H]2C1. The molecular formula is C22H28FN3O2. The maximum atomic E-state index is 13.3. The van der Waals surface area contributed by atoms with Gasteiger partial charge in [0.15, 0.2) is 0 Å². The third-order valence-electron chi connectivity index (χ3n) is 6.06. The van der Waals surface area contributed by atoms with Crippen LogP contribution in [0.15, 0.2) is 36.4 Å². The van der Waals surface area contributed by atoms with Gasteiger partial charge in [-0.05, 0) is 56.7 Å². The zero-order valence-corrected chi connectivity index (χ0v) is 16.6. The third-order valence-corrected chi connectivity index (χ3v) is 6.06. The lowest BCUT2D eigenvalue weighted by Crippen LogP contribution is -2.37. The Bertz CT molecular complexity index is 841. The van der Waals surface area contributed by atoms with Crippen LogP contribution in [-0.4, -0.2) is 46.8 Å². The van der Waals surface area contributed by atoms with Gasteiger partial charge in [0.05, 0.1) is 17.8 Å². The fourth-order valence-corrected chi connectivity index (χ4v) is 4.00. The van der Waals surface area contributed by atoms with Crippen LogP contribution in [0.1, 0.15) is 26.3 Å². The predicted molar refractivity (Wildman–Crippen MR) is 106 cm³/mol. The summed E-state index contributed by atoms with van der Waals surface area (Å²) in [7, 11) is 0. The molecule has 2 fully saturated rings. The van der Waals surface area contributed by atoms with Crippen LogP contribution in [0.25, 0.3) is 11.3 Å². The zero-order chi connectivity index (χ0) is 20.1. The maximum absolute atomic E-state index is 13.3. The highest BCUT2D eigenvalue weighted by Crippen LogP contribution is 2.48. The molecule has 1 aromatic heterocycles. The molecule has 2 aliphatic rings. The molecule has 2 unspecified atom stereocenters. The van der Waals surface area contributed by atoms with Crippen LogP contribution in [0, 0.1) is 17.7 Å². The third kappa shape index (κ3) is 3.64. The number of aliphatic hydroxyl groups excluding tert-OH is 1. The minimum Gasteiger partial charge on any atom is -0.474 e. The lowest BCUT2D eigenvalue weighted by atomic mass is 9.93. The number of halogens is 1. The van der Waals surface area contributed by atoms with E-state index in [1.807, 2.05) is 12.1 Å². The van der Waals surface area contributed by atoms with E-state index in [0.29, 0.717) is 29.5 Å². The Morgan fingerprint density at radius 2 is 1.89 bits per heavy atom. The predicted octanol–water partition coefficient (Wildman–Crippen LogP) is 2.77. The van der Waals surface area contributed by atoms with Crippen molar-refractivity contribution in [2.24, 2.45) is 17.6 Å². The number of piperidine rings is 1. The Morgan fingerprint density at radius 3 is 2.46 bits per heavy atom. The van der Waals surface area contributed by atoms with E-state index in [9.17, 15) is 9.50 Å². The summed E-state index contributed by atoms with van der Waals surface area (Å²) >= 11 is 0. The molecule has 1 aromatic carbocycles. The summed E-state index contributed by atoms with van der Waals surface area (Å²) in [6, 6.07) is 10.4. The van der Waals surface area contributed by atoms with E-state index in [1.165, 1.54) is 12.1 Å². The topological polar surface area (TPSA) is 71.6 Å². The Morgan fingerprint density at radius 1 is 1.25 bits per heavy atom. The van der Waals surface area contributed by atoms with Gasteiger partial charge in [0.2, 0.25) is 5.88 Å². The highest BCUT2D eigenvalue weighted by Gasteiger charge is 2.58. The van der Waals surface area contributed by atoms with Crippen molar-refractivity contribution < 1.29 is 14.2 Å². The first-order valence-corrected chi connectivity index (χ1v) is 9.87. The van der Waals surface area contributed by atoms with Crippen LogP contribution in [0.2, 0.25) is 0 Å². The van der Waals surface area contributed by atoms with Crippen molar-refractivity contribution in [3.05, 3.63) is 47.8 Å². The molecule has 0 bridgehead atoms. The van der Waals surface area contributed by atoms with Crippen molar-refractivity contribution >= 4 is 0 Å². The number of ether oxygens (including phenoxy) is 1. The van der Waals surface area contributed by atoms with Gasteiger partial charge in [-0.15, -0.1) is 0 Å². The molecule has 1 saturated heterocycles. The second-order valence-corrected chi connectivity index (χ2v) is 8.62. The van der Waals surface area contributed by atoms with Gasteiger partial charge in [-0.1, -0.05) is 0 Å². The first-order chi connectivity index (χ1) is 13.3. The van der Waals surface area contributed by atoms with E-state index >= 15 is 0 Å². The Balaban J connectivity index is 1.59. The number of benzene rings is 1. The molecule has 0 spiro atoms. The second-order valence-electron chi connectivity index (χ2n) is 8.62. The van der Waals surface area contributed by atoms with Gasteiger partial charge in [-0.3, -0.25) is 0 Å². The van der Waals surface area contributed by atoms with Crippen molar-refractivity contribution in [1.82, 2.24) is 9.88 Å². The minimum atomic E-state index is -0.913. The maximum Gasteiger partial charge on any atom is 0.214 e. The average molecular weight is 385 g/mol. The summed E-state index contributed by atoms with van der Waals surface area (Å²) in [4.78, 5) is 7.13. The van der Waals surface area contributed by atoms with Gasteiger partial charge in [0.1, 0.15) is 11.9 Å². The number of nitrogens with two attached hydrogens (primary N) is 1. The molecule has 1 saturated carbocycles. The Labute approximate surface area is 165 Å². The summed E-state index contributed by atoms with van der Waals surface area (Å²) in [6.45, 7) is 8.13. The Hall–Kier alpha value is -2.02. The normalized spacial score (nSPS) is 26.2. The van der Waals surface area contributed by atoms with Gasteiger partial charge >= 0.3 is 0 Å². The van der Waals surface area contributed by atoms with Crippen LogP contribution in [0.4, 0.5) is 4.39 Å². The van der Waals surface area contributed by atoms with E-state index in [2.05, 4.69) is 23.7 Å². The molecule has 28 heavy (non-hydrogen) atoms. The fourth-order valence-electron chi connectivity index (χ4n) is 4.00. The van der Waals surface area contributed by atoms with E-state index < -0.39 is 5.54 Å². The molecule has 5 nitrogen and oxygen atoms in total. The summed E-state index contributed by atoms with van der Waals surface area (Å²) in [5.74, 6) is 1.31. The van der Waals surface area contributed by atoms with Gasteiger partial charge in [0, 0.05) is 42.6 Å². The molecule has 2 heterocycles. The van der Waals surface area contributed by atoms with Gasteiger partial charge < -0.3 is 20.5 Å². The summed E-state index contributed by atoms with van der Waals surface area (Å²) in [6.07, 6.45) is 0.178. The number of aliphatic hydroxyl groups is 1. The van der Waals surface area contributed by atoms with Gasteiger partial charge in [-0.2, -0.15) is 0 Å². The molecule has 2 aromatic rings. The van der Waals surface area contributed by atoms with E-state index in [0.717, 1.165) is 24.2 Å². The molecule has 0 radical (unpaired) electrons. The molecule has 4 rings (SSSR count). The smallest absolute Gasteiger partial charge is 0.214 e. The lowest BCUT2D eigenvalue weighted by molar-refractivity contribution is 0.177. The number of rotatable bonds is 6. The van der Waals surface area contributed by atoms with E-state index in [1.54, 1.807) is 19.1 Å². The monoisotopic (exact) mass is 385 g/mol. The Kier molecular flexibility index (Phi) is 4.89. The first kappa shape index (κ1) is 19.3. The molecule has 3 N–H and O–H groups in total. The van der Waals surface area contributed by atoms with Crippen LogP contribution in [0.5, 0.6) is 5.88 Å². The van der Waals surface area contributed by atoms with Crippen molar-refractivity contribution in [3.63, 3.8) is 0 Å². The van der Waals surface area contributed by atoms with Crippen LogP contribution in [-0.2, 0) is 5.54 Å². The van der Waals surface area contributed by atoms with Crippen LogP contribution < -0.4 is 10.5 Å². The van der Waals surface area contributed by atoms with Crippen LogP contribution in [0.3, 0.4) is 0 Å². The zero-order valence-electron chi connectivity index (χ0n) is 16.6. The number of hydrogen-bond acceptors (Lipinski definition) is 5. The number of pyridine rings is 1. The van der Waals surface area contributed by atoms with Crippen molar-refractivity contribution in [2.45, 2.75) is 38.5 Å². The van der Waals surface area contributed by atoms with Crippen molar-refractivity contribution in [1.29, 1.82) is 0 Å². The summed E-state index contributed by atoms with van der Waals surface area (Å²) in [5.41, 5.74) is 7.54. The largest absolute Gasteiger partial charge is 0.474 e. The minimum absolute atomic E-state index is 0.178. The highest BCUT2D eigenvalue weighted by atomic mass is 19.1. The van der Waals surface area contributed by atoms with Gasteiger partial charge in [-0.25, -0.2) is 9.37 Å². The standard InChI is InChI=1S/C22H28FN3O2/c1-13(2)26-10-17-18(11-26)21(17)28-20-9-15(22(3,24)12-27)8-19(25-20)14-4-6-16(23)7-5-14/h4-9,13,17-18,21,27H,10-12,24H2,1-3H3/t17-,18+,21?,22?. The van der Waals surface area contributed by atoms with Crippen molar-refractivity contribution in [3.8, 4) is 17.1 Å². The summed E-state index contributed by atoms with van der Waals surface area (Å²) < 4.78 is 19.5. The average Bonchev–Trinajstić information content (AvgIpc) is 3.11. The number of hydrogen-bond donors (Lipinski definition) is 2. The molecule has 0 amide bonds. The number of nitrogens with zero attached hydrogens (tertiary/aromatic N) is 2. The van der Waals surface area contributed by atoms with Crippen molar-refractivity contribution in [2.75, 3.05) is 19.7 Å². The summed E-state index contributed by atoms with van der Waals surface area (Å²) in [5, 5.41) is 9.70. The molecule has 150 valence electrons. The first-order valence-electron chi connectivity index (χ1n) is 9.87. The molecule has 1 aliphatic carbocycles. The second kappa shape index (κ2) is 7.10. The lowest BCUT2D eigenvalue weighted by Gasteiger charge is -2.25. The highest BCUT2D eigenvalue weighted by molar-refractivity contribution is 5.61. The fraction of sp³-hybridized carbons (Fsp3) is 0.500. The number of likely N-dealkylation sites (tertiary alicyclic amines) is 1. The van der Waals surface area contributed by atoms with Gasteiger partial charge in [0.25, 0.3) is 0 Å². The number of aromatic nitrogens is 1.